The summed E-state index contributed by atoms with van der Waals surface area (Å²) in [6, 6.07) is 6.97. The van der Waals surface area contributed by atoms with Crippen LogP contribution in [0.3, 0.4) is 0 Å². The molecule has 1 aromatic rings. The third-order valence-electron chi connectivity index (χ3n) is 3.98. The largest absolute Gasteiger partial charge is 0.243 e. The summed E-state index contributed by atoms with van der Waals surface area (Å²) >= 11 is 5.78. The van der Waals surface area contributed by atoms with Gasteiger partial charge in [0.15, 0.2) is 0 Å². The zero-order chi connectivity index (χ0) is 14.0. The molecule has 0 radical (unpaired) electrons. The topological polar surface area (TPSA) is 37.4 Å². The highest BCUT2D eigenvalue weighted by Crippen LogP contribution is 2.29. The van der Waals surface area contributed by atoms with E-state index in [2.05, 4.69) is 6.92 Å². The van der Waals surface area contributed by atoms with Gasteiger partial charge in [-0.3, -0.25) is 0 Å². The fourth-order valence-electron chi connectivity index (χ4n) is 2.56. The van der Waals surface area contributed by atoms with E-state index >= 15 is 0 Å². The summed E-state index contributed by atoms with van der Waals surface area (Å²) in [4.78, 5) is 0.353. The number of alkyl halides is 1. The minimum absolute atomic E-state index is 0.0541. The molecular weight excluding hydrogens is 282 g/mol. The van der Waals surface area contributed by atoms with Gasteiger partial charge in [0.2, 0.25) is 10.0 Å². The molecule has 2 rings (SSSR count). The number of benzene rings is 1. The average Bonchev–Trinajstić information content (AvgIpc) is 2.41. The smallest absolute Gasteiger partial charge is 0.207 e. The van der Waals surface area contributed by atoms with Gasteiger partial charge in [-0.15, -0.1) is 11.6 Å². The Morgan fingerprint density at radius 2 is 2.11 bits per heavy atom. The average molecular weight is 302 g/mol. The van der Waals surface area contributed by atoms with Crippen molar-refractivity contribution < 1.29 is 8.42 Å². The summed E-state index contributed by atoms with van der Waals surface area (Å²) in [6.45, 7) is 4.72. The molecule has 1 heterocycles. The molecule has 1 aromatic carbocycles. The van der Waals surface area contributed by atoms with Crippen molar-refractivity contribution in [2.45, 2.75) is 43.5 Å². The van der Waals surface area contributed by atoms with Crippen LogP contribution in [0.25, 0.3) is 0 Å². The Morgan fingerprint density at radius 1 is 1.37 bits per heavy atom. The fraction of sp³-hybridized carbons (Fsp3) is 0.571. The van der Waals surface area contributed by atoms with Crippen LogP contribution < -0.4 is 0 Å². The molecule has 5 heteroatoms. The quantitative estimate of drug-likeness (QED) is 0.804. The number of sulfonamides is 1. The van der Waals surface area contributed by atoms with Crippen LogP contribution in [0.15, 0.2) is 29.2 Å². The van der Waals surface area contributed by atoms with E-state index in [9.17, 15) is 8.42 Å². The number of halogens is 1. The van der Waals surface area contributed by atoms with Gasteiger partial charge in [0.1, 0.15) is 0 Å². The standard InChI is InChI=1S/C14H20ClNO2S/c1-11-5-4-8-16(12(11)2)19(17,18)14-7-3-6-13(9-14)10-15/h3,6-7,9,11-12H,4-5,8,10H2,1-2H3. The first-order valence-electron chi connectivity index (χ1n) is 6.63. The van der Waals surface area contributed by atoms with Crippen molar-refractivity contribution in [2.75, 3.05) is 6.54 Å². The van der Waals surface area contributed by atoms with Crippen molar-refractivity contribution in [3.05, 3.63) is 29.8 Å². The van der Waals surface area contributed by atoms with E-state index in [0.717, 1.165) is 18.4 Å². The molecule has 19 heavy (non-hydrogen) atoms. The number of nitrogens with zero attached hydrogens (tertiary/aromatic N) is 1. The molecule has 1 aliphatic rings. The van der Waals surface area contributed by atoms with E-state index in [-0.39, 0.29) is 6.04 Å². The van der Waals surface area contributed by atoms with E-state index in [1.165, 1.54) is 0 Å². The minimum atomic E-state index is -3.40. The van der Waals surface area contributed by atoms with Gasteiger partial charge in [-0.2, -0.15) is 4.31 Å². The van der Waals surface area contributed by atoms with Crippen LogP contribution in [0.4, 0.5) is 0 Å². The number of hydrogen-bond donors (Lipinski definition) is 0. The normalized spacial score (nSPS) is 25.4. The van der Waals surface area contributed by atoms with E-state index in [1.54, 1.807) is 22.5 Å². The first-order valence-corrected chi connectivity index (χ1v) is 8.61. The van der Waals surface area contributed by atoms with Gasteiger partial charge in [-0.1, -0.05) is 19.1 Å². The predicted octanol–water partition coefficient (Wildman–Crippen LogP) is 3.23. The maximum Gasteiger partial charge on any atom is 0.243 e. The summed E-state index contributed by atoms with van der Waals surface area (Å²) in [6.07, 6.45) is 2.02. The van der Waals surface area contributed by atoms with Gasteiger partial charge >= 0.3 is 0 Å². The van der Waals surface area contributed by atoms with Crippen LogP contribution in [0.1, 0.15) is 32.3 Å². The highest BCUT2D eigenvalue weighted by Gasteiger charge is 2.34. The van der Waals surface area contributed by atoms with Gasteiger partial charge in [0.05, 0.1) is 4.90 Å². The van der Waals surface area contributed by atoms with Gasteiger partial charge in [0, 0.05) is 18.5 Å². The molecule has 0 bridgehead atoms. The lowest BCUT2D eigenvalue weighted by Crippen LogP contribution is -2.45. The number of rotatable bonds is 3. The Hall–Kier alpha value is -0.580. The predicted molar refractivity (Wildman–Crippen MR) is 77.8 cm³/mol. The third kappa shape index (κ3) is 2.96. The van der Waals surface area contributed by atoms with Gasteiger partial charge in [-0.25, -0.2) is 8.42 Å². The molecule has 0 amide bonds. The highest BCUT2D eigenvalue weighted by atomic mass is 35.5. The van der Waals surface area contributed by atoms with Crippen LogP contribution in [0.5, 0.6) is 0 Å². The molecule has 3 nitrogen and oxygen atoms in total. The Bertz CT molecular complexity index is 544. The minimum Gasteiger partial charge on any atom is -0.207 e. The van der Waals surface area contributed by atoms with Crippen molar-refractivity contribution in [2.24, 2.45) is 5.92 Å². The second-order valence-corrected chi connectivity index (χ2v) is 7.41. The molecule has 1 fully saturated rings. The van der Waals surface area contributed by atoms with Crippen LogP contribution in [0.2, 0.25) is 0 Å². The van der Waals surface area contributed by atoms with E-state index < -0.39 is 10.0 Å². The summed E-state index contributed by atoms with van der Waals surface area (Å²) in [5.74, 6) is 0.731. The molecule has 106 valence electrons. The molecule has 0 saturated carbocycles. The molecule has 0 N–H and O–H groups in total. The Labute approximate surface area is 120 Å². The second-order valence-electron chi connectivity index (χ2n) is 5.26. The van der Waals surface area contributed by atoms with Crippen LogP contribution in [-0.2, 0) is 15.9 Å². The first-order chi connectivity index (χ1) is 8.96. The Kier molecular flexibility index (Phi) is 4.54. The lowest BCUT2D eigenvalue weighted by Gasteiger charge is -2.36. The zero-order valence-electron chi connectivity index (χ0n) is 11.3. The lowest BCUT2D eigenvalue weighted by atomic mass is 9.94. The van der Waals surface area contributed by atoms with E-state index in [4.69, 9.17) is 11.6 Å². The molecule has 0 spiro atoms. The van der Waals surface area contributed by atoms with E-state index in [0.29, 0.717) is 23.2 Å². The molecule has 1 saturated heterocycles. The van der Waals surface area contributed by atoms with Crippen molar-refractivity contribution in [3.8, 4) is 0 Å². The Balaban J connectivity index is 2.35. The number of piperidine rings is 1. The zero-order valence-corrected chi connectivity index (χ0v) is 12.9. The van der Waals surface area contributed by atoms with Gasteiger partial charge in [0.25, 0.3) is 0 Å². The molecule has 0 aromatic heterocycles. The monoisotopic (exact) mass is 301 g/mol. The molecule has 2 atom stereocenters. The summed E-state index contributed by atoms with van der Waals surface area (Å²) in [7, 11) is -3.40. The highest BCUT2D eigenvalue weighted by molar-refractivity contribution is 7.89. The fourth-order valence-corrected chi connectivity index (χ4v) is 4.56. The maximum absolute atomic E-state index is 12.7. The lowest BCUT2D eigenvalue weighted by molar-refractivity contribution is 0.202. The van der Waals surface area contributed by atoms with Crippen molar-refractivity contribution in [1.82, 2.24) is 4.31 Å². The van der Waals surface area contributed by atoms with Gasteiger partial charge in [-0.05, 0) is 43.4 Å². The molecule has 2 unspecified atom stereocenters. The van der Waals surface area contributed by atoms with Crippen molar-refractivity contribution >= 4 is 21.6 Å². The Morgan fingerprint density at radius 3 is 2.79 bits per heavy atom. The third-order valence-corrected chi connectivity index (χ3v) is 6.27. The molecule has 0 aliphatic carbocycles. The van der Waals surface area contributed by atoms with Crippen LogP contribution in [-0.4, -0.2) is 25.3 Å². The number of hydrogen-bond acceptors (Lipinski definition) is 2. The second kappa shape index (κ2) is 5.81. The summed E-state index contributed by atoms with van der Waals surface area (Å²) < 4.78 is 27.0. The van der Waals surface area contributed by atoms with E-state index in [1.807, 2.05) is 13.0 Å². The van der Waals surface area contributed by atoms with Crippen LogP contribution in [0, 0.1) is 5.92 Å². The summed E-state index contributed by atoms with van der Waals surface area (Å²) in [5, 5.41) is 0. The van der Waals surface area contributed by atoms with Crippen LogP contribution >= 0.6 is 11.6 Å². The van der Waals surface area contributed by atoms with Crippen molar-refractivity contribution in [1.29, 1.82) is 0 Å². The first kappa shape index (κ1) is 14.8. The molecular formula is C14H20ClNO2S. The van der Waals surface area contributed by atoms with Crippen molar-refractivity contribution in [3.63, 3.8) is 0 Å². The van der Waals surface area contributed by atoms with Gasteiger partial charge < -0.3 is 0 Å². The molecule has 1 aliphatic heterocycles. The maximum atomic E-state index is 12.7. The summed E-state index contributed by atoms with van der Waals surface area (Å²) in [5.41, 5.74) is 0.834. The SMILES string of the molecule is CC1CCCN(S(=O)(=O)c2cccc(CCl)c2)C1C.